The third-order valence-corrected chi connectivity index (χ3v) is 3.84. The van der Waals surface area contributed by atoms with Crippen LogP contribution in [0, 0.1) is 0 Å². The lowest BCUT2D eigenvalue weighted by atomic mass is 10.1. The molecule has 0 aromatic rings. The normalized spacial score (nSPS) is 12.4. The molecule has 0 amide bonds. The molecule has 0 aliphatic carbocycles. The van der Waals surface area contributed by atoms with Gasteiger partial charge in [-0.05, 0) is 70.8 Å². The molecule has 0 rings (SSSR count). The van der Waals surface area contributed by atoms with Crippen LogP contribution in [0.5, 0.6) is 0 Å². The Labute approximate surface area is 151 Å². The van der Waals surface area contributed by atoms with Crippen molar-refractivity contribution in [2.24, 2.45) is 5.73 Å². The van der Waals surface area contributed by atoms with Crippen LogP contribution in [0.25, 0.3) is 0 Å². The Balaban J connectivity index is 3.34. The molecule has 0 radical (unpaired) electrons. The van der Waals surface area contributed by atoms with Crippen molar-refractivity contribution in [1.29, 1.82) is 0 Å². The number of nitrogens with two attached hydrogens (primary N) is 1. The van der Waals surface area contributed by atoms with Gasteiger partial charge in [-0.15, -0.1) is 6.58 Å². The highest BCUT2D eigenvalue weighted by Gasteiger charge is 1.86. The minimum absolute atomic E-state index is 0.811. The van der Waals surface area contributed by atoms with Gasteiger partial charge in [0, 0.05) is 0 Å². The zero-order chi connectivity index (χ0) is 17.6. The van der Waals surface area contributed by atoms with E-state index in [1.165, 1.54) is 44.9 Å². The van der Waals surface area contributed by atoms with Crippen molar-refractivity contribution in [1.82, 2.24) is 0 Å². The zero-order valence-corrected chi connectivity index (χ0v) is 15.7. The van der Waals surface area contributed by atoms with E-state index in [1.54, 1.807) is 0 Å². The molecule has 0 saturated heterocycles. The number of rotatable bonds is 17. The lowest BCUT2D eigenvalue weighted by Gasteiger charge is -1.96. The average Bonchev–Trinajstić information content (AvgIpc) is 2.60. The Kier molecular flexibility index (Phi) is 20.5. The highest BCUT2D eigenvalue weighted by Crippen LogP contribution is 2.06. The highest BCUT2D eigenvalue weighted by molar-refractivity contribution is 4.99. The Bertz CT molecular complexity index is 360. The number of allylic oxidation sites excluding steroid dienone is 9. The molecule has 0 saturated carbocycles. The molecular weight excluding hydrogens is 290 g/mol. The van der Waals surface area contributed by atoms with Gasteiger partial charge >= 0.3 is 0 Å². The van der Waals surface area contributed by atoms with Crippen LogP contribution in [-0.4, -0.2) is 6.54 Å². The Morgan fingerprint density at radius 2 is 0.917 bits per heavy atom. The fourth-order valence-corrected chi connectivity index (χ4v) is 2.36. The largest absolute Gasteiger partial charge is 0.330 e. The lowest BCUT2D eigenvalue weighted by molar-refractivity contribution is 0.652. The van der Waals surface area contributed by atoms with Gasteiger partial charge in [-0.25, -0.2) is 0 Å². The van der Waals surface area contributed by atoms with E-state index in [0.717, 1.165) is 38.6 Å². The van der Waals surface area contributed by atoms with E-state index in [-0.39, 0.29) is 0 Å². The number of hydrogen-bond donors (Lipinski definition) is 1. The van der Waals surface area contributed by atoms with Gasteiger partial charge in [0.05, 0.1) is 0 Å². The first-order chi connectivity index (χ1) is 11.9. The fourth-order valence-electron chi connectivity index (χ4n) is 2.36. The smallest absolute Gasteiger partial charge is 0.00772 e. The predicted octanol–water partition coefficient (Wildman–Crippen LogP) is 7.04. The maximum absolute atomic E-state index is 5.46. The molecule has 0 spiro atoms. The SMILES string of the molecule is C=CCCCCCCC=CCC=CCC=CCC=CCCCCN. The van der Waals surface area contributed by atoms with Gasteiger partial charge < -0.3 is 5.73 Å². The van der Waals surface area contributed by atoms with Crippen LogP contribution in [0.1, 0.15) is 77.0 Å². The van der Waals surface area contributed by atoms with Crippen LogP contribution >= 0.6 is 0 Å². The van der Waals surface area contributed by atoms with Gasteiger partial charge in [0.2, 0.25) is 0 Å². The van der Waals surface area contributed by atoms with Crippen LogP contribution in [0.2, 0.25) is 0 Å². The predicted molar refractivity (Wildman–Crippen MR) is 111 cm³/mol. The van der Waals surface area contributed by atoms with Crippen molar-refractivity contribution < 1.29 is 0 Å². The summed E-state index contributed by atoms with van der Waals surface area (Å²) in [5.41, 5.74) is 5.46. The van der Waals surface area contributed by atoms with Crippen LogP contribution in [0.4, 0.5) is 0 Å². The summed E-state index contributed by atoms with van der Waals surface area (Å²) in [5, 5.41) is 0. The molecule has 0 bridgehead atoms. The second-order valence-corrected chi connectivity index (χ2v) is 6.16. The van der Waals surface area contributed by atoms with Crippen LogP contribution < -0.4 is 5.73 Å². The van der Waals surface area contributed by atoms with Crippen LogP contribution in [0.15, 0.2) is 61.3 Å². The van der Waals surface area contributed by atoms with E-state index in [9.17, 15) is 0 Å². The summed E-state index contributed by atoms with van der Waals surface area (Å²) in [5.74, 6) is 0. The molecule has 2 N–H and O–H groups in total. The summed E-state index contributed by atoms with van der Waals surface area (Å²) < 4.78 is 0. The van der Waals surface area contributed by atoms with E-state index >= 15 is 0 Å². The summed E-state index contributed by atoms with van der Waals surface area (Å²) in [4.78, 5) is 0. The minimum atomic E-state index is 0.811. The van der Waals surface area contributed by atoms with Gasteiger partial charge in [0.25, 0.3) is 0 Å². The third kappa shape index (κ3) is 20.7. The molecule has 0 aromatic heterocycles. The molecule has 136 valence electrons. The average molecular weight is 330 g/mol. The Morgan fingerprint density at radius 3 is 1.38 bits per heavy atom. The molecule has 0 aliphatic heterocycles. The van der Waals surface area contributed by atoms with Crippen LogP contribution in [0.3, 0.4) is 0 Å². The van der Waals surface area contributed by atoms with E-state index in [0.29, 0.717) is 0 Å². The van der Waals surface area contributed by atoms with Gasteiger partial charge in [0.15, 0.2) is 0 Å². The van der Waals surface area contributed by atoms with E-state index in [1.807, 2.05) is 6.08 Å². The molecule has 0 atom stereocenters. The first-order valence-corrected chi connectivity index (χ1v) is 9.82. The number of unbranched alkanes of at least 4 members (excludes halogenated alkanes) is 7. The summed E-state index contributed by atoms with van der Waals surface area (Å²) in [6.45, 7) is 4.56. The number of hydrogen-bond acceptors (Lipinski definition) is 1. The molecule has 0 unspecified atom stereocenters. The maximum atomic E-state index is 5.46. The van der Waals surface area contributed by atoms with Crippen molar-refractivity contribution >= 4 is 0 Å². The standard InChI is InChI=1S/C23H39N/c1-2-3-4-5-6-7-8-9-10-11-12-13-14-15-16-17-18-19-20-21-22-23-24/h2,9-10,12-13,15-16,18-19H,1,3-8,11,14,17,20-24H2. The van der Waals surface area contributed by atoms with E-state index in [2.05, 4.69) is 55.2 Å². The lowest BCUT2D eigenvalue weighted by Crippen LogP contribution is -1.96. The molecule has 1 heteroatoms. The summed E-state index contributed by atoms with van der Waals surface area (Å²) in [7, 11) is 0. The van der Waals surface area contributed by atoms with E-state index in [4.69, 9.17) is 5.73 Å². The van der Waals surface area contributed by atoms with Gasteiger partial charge in [-0.1, -0.05) is 67.5 Å². The first kappa shape index (κ1) is 22.7. The van der Waals surface area contributed by atoms with Crippen molar-refractivity contribution in [2.45, 2.75) is 77.0 Å². The molecule has 0 aliphatic rings. The zero-order valence-electron chi connectivity index (χ0n) is 15.7. The quantitative estimate of drug-likeness (QED) is 0.225. The topological polar surface area (TPSA) is 26.0 Å². The van der Waals surface area contributed by atoms with Gasteiger partial charge in [-0.3, -0.25) is 0 Å². The molecule has 24 heavy (non-hydrogen) atoms. The van der Waals surface area contributed by atoms with Crippen molar-refractivity contribution in [3.8, 4) is 0 Å². The highest BCUT2D eigenvalue weighted by atomic mass is 14.5. The van der Waals surface area contributed by atoms with Crippen molar-refractivity contribution in [3.63, 3.8) is 0 Å². The third-order valence-electron chi connectivity index (χ3n) is 3.84. The maximum Gasteiger partial charge on any atom is -0.00772 e. The second kappa shape index (κ2) is 21.7. The first-order valence-electron chi connectivity index (χ1n) is 9.82. The van der Waals surface area contributed by atoms with Crippen LogP contribution in [-0.2, 0) is 0 Å². The Morgan fingerprint density at radius 1 is 0.500 bits per heavy atom. The summed E-state index contributed by atoms with van der Waals surface area (Å²) >= 11 is 0. The minimum Gasteiger partial charge on any atom is -0.330 e. The molecule has 0 heterocycles. The molecule has 1 nitrogen and oxygen atoms in total. The van der Waals surface area contributed by atoms with Gasteiger partial charge in [0.1, 0.15) is 0 Å². The van der Waals surface area contributed by atoms with Crippen molar-refractivity contribution in [2.75, 3.05) is 6.54 Å². The second-order valence-electron chi connectivity index (χ2n) is 6.16. The fraction of sp³-hybridized carbons (Fsp3) is 0.565. The monoisotopic (exact) mass is 329 g/mol. The Hall–Kier alpha value is -1.34. The summed E-state index contributed by atoms with van der Waals surface area (Å²) in [6.07, 6.45) is 34.5. The van der Waals surface area contributed by atoms with Crippen molar-refractivity contribution in [3.05, 3.63) is 61.3 Å². The molecule has 0 fully saturated rings. The molecule has 0 aromatic carbocycles. The van der Waals surface area contributed by atoms with E-state index < -0.39 is 0 Å². The summed E-state index contributed by atoms with van der Waals surface area (Å²) in [6, 6.07) is 0. The molecular formula is C23H39N. The van der Waals surface area contributed by atoms with Gasteiger partial charge in [-0.2, -0.15) is 0 Å².